The highest BCUT2D eigenvalue weighted by Gasteiger charge is 2.37. The van der Waals surface area contributed by atoms with Crippen LogP contribution in [0.3, 0.4) is 0 Å². The van der Waals surface area contributed by atoms with E-state index in [2.05, 4.69) is 20.6 Å². The van der Waals surface area contributed by atoms with Gasteiger partial charge in [-0.1, -0.05) is 11.8 Å². The predicted molar refractivity (Wildman–Crippen MR) is 75.6 cm³/mol. The van der Waals surface area contributed by atoms with Crippen LogP contribution in [0.5, 0.6) is 0 Å². The minimum absolute atomic E-state index is 0.0514. The van der Waals surface area contributed by atoms with Gasteiger partial charge in [-0.25, -0.2) is 4.68 Å². The monoisotopic (exact) mass is 305 g/mol. The van der Waals surface area contributed by atoms with E-state index in [1.165, 1.54) is 12.1 Å². The van der Waals surface area contributed by atoms with Crippen molar-refractivity contribution in [3.63, 3.8) is 0 Å². The van der Waals surface area contributed by atoms with Crippen molar-refractivity contribution in [1.82, 2.24) is 14.9 Å². The molecule has 2 aliphatic heterocycles. The number of benzene rings is 1. The molecule has 0 spiro atoms. The third-order valence-corrected chi connectivity index (χ3v) is 5.27. The van der Waals surface area contributed by atoms with Gasteiger partial charge in [-0.3, -0.25) is 15.1 Å². The molecular formula is C11H7N5O2S2. The molecule has 2 aromatic rings. The number of nitro benzene ring substituents is 1. The van der Waals surface area contributed by atoms with E-state index in [4.69, 9.17) is 0 Å². The number of hydrogen-bond acceptors (Lipinski definition) is 7. The van der Waals surface area contributed by atoms with Gasteiger partial charge in [0.15, 0.2) is 0 Å². The Bertz CT molecular complexity index is 727. The van der Waals surface area contributed by atoms with Crippen LogP contribution in [-0.2, 0) is 0 Å². The maximum Gasteiger partial charge on any atom is 0.269 e. The molecular weight excluding hydrogens is 298 g/mol. The molecule has 4 rings (SSSR count). The predicted octanol–water partition coefficient (Wildman–Crippen LogP) is 2.47. The van der Waals surface area contributed by atoms with Gasteiger partial charge < -0.3 is 0 Å². The van der Waals surface area contributed by atoms with E-state index in [0.717, 1.165) is 15.7 Å². The summed E-state index contributed by atoms with van der Waals surface area (Å²) < 4.78 is 1.91. The Balaban J connectivity index is 1.69. The van der Waals surface area contributed by atoms with E-state index in [0.29, 0.717) is 0 Å². The van der Waals surface area contributed by atoms with Crippen LogP contribution in [0.4, 0.5) is 5.69 Å². The summed E-state index contributed by atoms with van der Waals surface area (Å²) in [6, 6.07) is 6.65. The number of rotatable bonds is 2. The lowest BCUT2D eigenvalue weighted by atomic mass is 10.2. The highest BCUT2D eigenvalue weighted by molar-refractivity contribution is 8.07. The van der Waals surface area contributed by atoms with Crippen LogP contribution in [-0.4, -0.2) is 19.8 Å². The summed E-state index contributed by atoms with van der Waals surface area (Å²) in [6.07, 6.45) is 1.67. The van der Waals surface area contributed by atoms with Gasteiger partial charge in [-0.05, 0) is 29.5 Å². The van der Waals surface area contributed by atoms with Crippen molar-refractivity contribution < 1.29 is 4.92 Å². The summed E-state index contributed by atoms with van der Waals surface area (Å²) in [6.45, 7) is 0. The fourth-order valence-corrected chi connectivity index (χ4v) is 4.36. The van der Waals surface area contributed by atoms with E-state index in [1.807, 2.05) is 4.68 Å². The quantitative estimate of drug-likeness (QED) is 0.623. The summed E-state index contributed by atoms with van der Waals surface area (Å²) in [5.74, 6) is 0. The Hall–Kier alpha value is -2.00. The molecule has 0 radical (unpaired) electrons. The maximum absolute atomic E-state index is 10.7. The molecule has 0 N–H and O–H groups in total. The maximum atomic E-state index is 10.7. The Morgan fingerprint density at radius 3 is 2.85 bits per heavy atom. The van der Waals surface area contributed by atoms with Crippen LogP contribution in [0.15, 0.2) is 46.2 Å². The van der Waals surface area contributed by atoms with Crippen molar-refractivity contribution in [2.24, 2.45) is 0 Å². The van der Waals surface area contributed by atoms with Crippen molar-refractivity contribution in [3.05, 3.63) is 56.7 Å². The Morgan fingerprint density at radius 1 is 1.30 bits per heavy atom. The second-order valence-corrected chi connectivity index (χ2v) is 6.14. The third kappa shape index (κ3) is 1.63. The lowest BCUT2D eigenvalue weighted by molar-refractivity contribution is -0.384. The first-order chi connectivity index (χ1) is 9.74. The summed E-state index contributed by atoms with van der Waals surface area (Å²) in [7, 11) is 0. The minimum atomic E-state index is -0.390. The molecule has 0 saturated carbocycles. The molecule has 3 heterocycles. The molecule has 0 bridgehead atoms. The van der Waals surface area contributed by atoms with Crippen LogP contribution < -0.4 is 5.01 Å². The standard InChI is InChI=1S/C11H7N5O2S2/c17-16(18)8-3-1-7(2-4-8)10-15-9(5-19-10)20-11-13-12-6-14(11)15/h1-6,10H/t10-/m0/s1. The van der Waals surface area contributed by atoms with Gasteiger partial charge in [0.05, 0.1) is 4.92 Å². The topological polar surface area (TPSA) is 77.1 Å². The normalized spacial score (nSPS) is 19.7. The summed E-state index contributed by atoms with van der Waals surface area (Å²) in [5.41, 5.74) is 1.11. The number of hydrogen-bond donors (Lipinski definition) is 0. The van der Waals surface area contributed by atoms with E-state index in [1.54, 1.807) is 42.0 Å². The lowest BCUT2D eigenvalue weighted by Gasteiger charge is -2.24. The summed E-state index contributed by atoms with van der Waals surface area (Å²) in [5, 5.41) is 24.8. The van der Waals surface area contributed by atoms with Crippen LogP contribution in [0.2, 0.25) is 0 Å². The molecule has 7 nitrogen and oxygen atoms in total. The Kier molecular flexibility index (Phi) is 2.51. The number of non-ortho nitro benzene ring substituents is 1. The molecule has 2 aliphatic rings. The Morgan fingerprint density at radius 2 is 2.10 bits per heavy atom. The molecule has 1 aromatic heterocycles. The Labute approximate surface area is 121 Å². The summed E-state index contributed by atoms with van der Waals surface area (Å²) in [4.78, 5) is 10.3. The average Bonchev–Trinajstić information content (AvgIpc) is 3.10. The molecule has 0 unspecified atom stereocenters. The number of fused-ring (bicyclic) bond motifs is 3. The molecule has 20 heavy (non-hydrogen) atoms. The van der Waals surface area contributed by atoms with Gasteiger partial charge in [-0.15, -0.1) is 10.2 Å². The number of nitro groups is 1. The van der Waals surface area contributed by atoms with Crippen LogP contribution in [0, 0.1) is 10.1 Å². The molecule has 0 saturated heterocycles. The molecule has 1 atom stereocenters. The minimum Gasteiger partial charge on any atom is -0.258 e. The van der Waals surface area contributed by atoms with Gasteiger partial charge in [-0.2, -0.15) is 0 Å². The van der Waals surface area contributed by atoms with E-state index in [9.17, 15) is 10.1 Å². The number of aromatic nitrogens is 3. The van der Waals surface area contributed by atoms with Crippen LogP contribution in [0.25, 0.3) is 0 Å². The molecule has 0 amide bonds. The summed E-state index contributed by atoms with van der Waals surface area (Å²) >= 11 is 3.23. The highest BCUT2D eigenvalue weighted by Crippen LogP contribution is 2.50. The molecule has 100 valence electrons. The number of thioether (sulfide) groups is 2. The SMILES string of the molecule is O=[N+]([O-])c1ccc([C@@H]2SC=C3Sc4nncn4N32)cc1. The molecule has 9 heteroatoms. The largest absolute Gasteiger partial charge is 0.269 e. The van der Waals surface area contributed by atoms with Crippen molar-refractivity contribution >= 4 is 29.2 Å². The average molecular weight is 305 g/mol. The van der Waals surface area contributed by atoms with E-state index >= 15 is 0 Å². The second kappa shape index (κ2) is 4.25. The van der Waals surface area contributed by atoms with Gasteiger partial charge in [0.1, 0.15) is 16.7 Å². The zero-order valence-corrected chi connectivity index (χ0v) is 11.5. The highest BCUT2D eigenvalue weighted by atomic mass is 32.2. The van der Waals surface area contributed by atoms with Gasteiger partial charge in [0.25, 0.3) is 5.69 Å². The zero-order chi connectivity index (χ0) is 13.7. The fraction of sp³-hybridized carbons (Fsp3) is 0.0909. The van der Waals surface area contributed by atoms with Crippen molar-refractivity contribution in [2.75, 3.05) is 5.01 Å². The van der Waals surface area contributed by atoms with E-state index < -0.39 is 4.92 Å². The lowest BCUT2D eigenvalue weighted by Crippen LogP contribution is -2.28. The van der Waals surface area contributed by atoms with Crippen molar-refractivity contribution in [3.8, 4) is 0 Å². The van der Waals surface area contributed by atoms with Gasteiger partial charge in [0.2, 0.25) is 5.16 Å². The molecule has 1 aromatic carbocycles. The van der Waals surface area contributed by atoms with Gasteiger partial charge in [0, 0.05) is 17.5 Å². The first-order valence-corrected chi connectivity index (χ1v) is 7.47. The third-order valence-electron chi connectivity index (χ3n) is 3.06. The zero-order valence-electron chi connectivity index (χ0n) is 9.91. The fourth-order valence-electron chi connectivity index (χ4n) is 2.15. The first kappa shape index (κ1) is 11.8. The van der Waals surface area contributed by atoms with Crippen LogP contribution in [0.1, 0.15) is 10.9 Å². The second-order valence-electron chi connectivity index (χ2n) is 4.20. The smallest absolute Gasteiger partial charge is 0.258 e. The van der Waals surface area contributed by atoms with E-state index in [-0.39, 0.29) is 11.1 Å². The molecule has 0 aliphatic carbocycles. The first-order valence-electron chi connectivity index (χ1n) is 5.71. The number of nitrogens with zero attached hydrogens (tertiary/aromatic N) is 5. The molecule has 0 fully saturated rings. The van der Waals surface area contributed by atoms with Crippen molar-refractivity contribution in [2.45, 2.75) is 10.5 Å². The van der Waals surface area contributed by atoms with Gasteiger partial charge >= 0.3 is 0 Å². The van der Waals surface area contributed by atoms with Crippen molar-refractivity contribution in [1.29, 1.82) is 0 Å². The van der Waals surface area contributed by atoms with Crippen LogP contribution >= 0.6 is 23.5 Å².